The van der Waals surface area contributed by atoms with E-state index in [4.69, 9.17) is 9.47 Å². The number of rotatable bonds is 2. The quantitative estimate of drug-likeness (QED) is 0.912. The predicted molar refractivity (Wildman–Crippen MR) is 76.1 cm³/mol. The summed E-state index contributed by atoms with van der Waals surface area (Å²) in [6.45, 7) is 0.839. The molecule has 3 rings (SSSR count). The van der Waals surface area contributed by atoms with Gasteiger partial charge in [0.1, 0.15) is 23.9 Å². The first-order valence-electron chi connectivity index (χ1n) is 6.46. The van der Waals surface area contributed by atoms with E-state index in [1.807, 2.05) is 0 Å². The third-order valence-electron chi connectivity index (χ3n) is 3.25. The molecule has 0 aliphatic carbocycles. The van der Waals surface area contributed by atoms with E-state index < -0.39 is 0 Å². The molecule has 0 spiro atoms. The molecular weight excluding hydrogens is 272 g/mol. The molecule has 6 nitrogen and oxygen atoms in total. The fraction of sp³-hybridized carbons (Fsp3) is 0.200. The van der Waals surface area contributed by atoms with Crippen molar-refractivity contribution in [2.24, 2.45) is 0 Å². The Bertz CT molecular complexity index is 687. The van der Waals surface area contributed by atoms with Gasteiger partial charge in [-0.3, -0.25) is 9.78 Å². The van der Waals surface area contributed by atoms with Gasteiger partial charge in [-0.05, 0) is 18.2 Å². The van der Waals surface area contributed by atoms with Crippen molar-refractivity contribution in [3.8, 4) is 17.2 Å². The van der Waals surface area contributed by atoms with E-state index in [-0.39, 0.29) is 11.7 Å². The van der Waals surface area contributed by atoms with E-state index >= 15 is 0 Å². The van der Waals surface area contributed by atoms with Gasteiger partial charge < -0.3 is 19.5 Å². The molecule has 1 aliphatic heterocycles. The second kappa shape index (κ2) is 5.32. The topological polar surface area (TPSA) is 71.9 Å². The number of ether oxygens (including phenoxy) is 2. The van der Waals surface area contributed by atoms with Crippen molar-refractivity contribution in [3.05, 3.63) is 42.2 Å². The third kappa shape index (κ3) is 2.47. The van der Waals surface area contributed by atoms with E-state index in [0.29, 0.717) is 35.9 Å². The highest BCUT2D eigenvalue weighted by Gasteiger charge is 2.25. The van der Waals surface area contributed by atoms with Gasteiger partial charge in [0.2, 0.25) is 0 Å². The number of methoxy groups -OCH3 is 1. The predicted octanol–water partition coefficient (Wildman–Crippen LogP) is 1.83. The Balaban J connectivity index is 1.99. The van der Waals surface area contributed by atoms with Gasteiger partial charge in [0.25, 0.3) is 5.91 Å². The van der Waals surface area contributed by atoms with Crippen molar-refractivity contribution in [2.75, 3.05) is 25.2 Å². The zero-order valence-electron chi connectivity index (χ0n) is 11.4. The molecule has 1 N–H and O–H groups in total. The molecule has 0 fully saturated rings. The Morgan fingerprint density at radius 3 is 3.00 bits per heavy atom. The lowest BCUT2D eigenvalue weighted by atomic mass is 10.1. The Kier molecular flexibility index (Phi) is 3.35. The standard InChI is InChI=1S/C15H14N2O4/c1-20-12-2-3-14-13(7-12)17(4-5-21-14)15(19)10-6-11(18)9-16-8-10/h2-3,6-9,18H,4-5H2,1H3. The number of anilines is 1. The maximum absolute atomic E-state index is 12.6. The lowest BCUT2D eigenvalue weighted by Gasteiger charge is -2.29. The lowest BCUT2D eigenvalue weighted by Crippen LogP contribution is -2.38. The largest absolute Gasteiger partial charge is 0.506 e. The van der Waals surface area contributed by atoms with Crippen LogP contribution in [0.15, 0.2) is 36.7 Å². The molecule has 1 aromatic carbocycles. The van der Waals surface area contributed by atoms with Gasteiger partial charge in [0.05, 0.1) is 31.1 Å². The molecule has 6 heteroatoms. The second-order valence-electron chi connectivity index (χ2n) is 4.57. The zero-order chi connectivity index (χ0) is 14.8. The molecule has 0 unspecified atom stereocenters. The number of carbonyl (C=O) groups is 1. The smallest absolute Gasteiger partial charge is 0.260 e. The van der Waals surface area contributed by atoms with E-state index in [0.717, 1.165) is 0 Å². The highest BCUT2D eigenvalue weighted by atomic mass is 16.5. The monoisotopic (exact) mass is 286 g/mol. The molecule has 21 heavy (non-hydrogen) atoms. The zero-order valence-corrected chi connectivity index (χ0v) is 11.4. The normalized spacial score (nSPS) is 13.3. The summed E-state index contributed by atoms with van der Waals surface area (Å²) in [6, 6.07) is 6.70. The molecule has 0 saturated carbocycles. The summed E-state index contributed by atoms with van der Waals surface area (Å²) in [4.78, 5) is 18.0. The van der Waals surface area contributed by atoms with Crippen LogP contribution in [0, 0.1) is 0 Å². The van der Waals surface area contributed by atoms with Gasteiger partial charge in [0.15, 0.2) is 0 Å². The fourth-order valence-corrected chi connectivity index (χ4v) is 2.24. The van der Waals surface area contributed by atoms with Crippen LogP contribution < -0.4 is 14.4 Å². The van der Waals surface area contributed by atoms with Crippen LogP contribution in [0.25, 0.3) is 0 Å². The number of benzene rings is 1. The summed E-state index contributed by atoms with van der Waals surface area (Å²) >= 11 is 0. The number of carbonyl (C=O) groups excluding carboxylic acids is 1. The van der Waals surface area contributed by atoms with E-state index in [9.17, 15) is 9.90 Å². The summed E-state index contributed by atoms with van der Waals surface area (Å²) in [5.41, 5.74) is 0.972. The van der Waals surface area contributed by atoms with Crippen LogP contribution in [0.5, 0.6) is 17.2 Å². The first-order valence-corrected chi connectivity index (χ1v) is 6.46. The summed E-state index contributed by atoms with van der Waals surface area (Å²) in [6.07, 6.45) is 2.71. The maximum Gasteiger partial charge on any atom is 0.260 e. The minimum absolute atomic E-state index is 0.0417. The van der Waals surface area contributed by atoms with Gasteiger partial charge >= 0.3 is 0 Å². The number of aromatic nitrogens is 1. The highest BCUT2D eigenvalue weighted by molar-refractivity contribution is 6.07. The Morgan fingerprint density at radius 1 is 1.38 bits per heavy atom. The van der Waals surface area contributed by atoms with Gasteiger partial charge in [-0.1, -0.05) is 0 Å². The van der Waals surface area contributed by atoms with Crippen molar-refractivity contribution in [1.29, 1.82) is 0 Å². The average molecular weight is 286 g/mol. The number of hydrogen-bond donors (Lipinski definition) is 1. The first kappa shape index (κ1) is 13.2. The molecule has 2 aromatic rings. The Morgan fingerprint density at radius 2 is 2.24 bits per heavy atom. The molecule has 0 saturated heterocycles. The van der Waals surface area contributed by atoms with Crippen molar-refractivity contribution in [1.82, 2.24) is 4.98 Å². The van der Waals surface area contributed by atoms with Crippen molar-refractivity contribution >= 4 is 11.6 Å². The summed E-state index contributed by atoms with van der Waals surface area (Å²) in [7, 11) is 1.57. The summed E-state index contributed by atoms with van der Waals surface area (Å²) < 4.78 is 10.7. The molecule has 1 aliphatic rings. The molecule has 1 amide bonds. The number of aromatic hydroxyl groups is 1. The van der Waals surface area contributed by atoms with Crippen molar-refractivity contribution in [3.63, 3.8) is 0 Å². The van der Waals surface area contributed by atoms with Crippen LogP contribution in [-0.2, 0) is 0 Å². The summed E-state index contributed by atoms with van der Waals surface area (Å²) in [5.74, 6) is 0.991. The third-order valence-corrected chi connectivity index (χ3v) is 3.25. The summed E-state index contributed by atoms with van der Waals surface area (Å²) in [5, 5.41) is 9.46. The molecule has 0 bridgehead atoms. The van der Waals surface area contributed by atoms with Gasteiger partial charge in [-0.2, -0.15) is 0 Å². The Hall–Kier alpha value is -2.76. The Labute approximate surface area is 121 Å². The van der Waals surface area contributed by atoms with Gasteiger partial charge in [0, 0.05) is 12.3 Å². The number of nitrogens with zero attached hydrogens (tertiary/aromatic N) is 2. The van der Waals surface area contributed by atoms with Crippen LogP contribution in [-0.4, -0.2) is 36.3 Å². The maximum atomic E-state index is 12.6. The van der Waals surface area contributed by atoms with E-state index in [1.165, 1.54) is 18.5 Å². The van der Waals surface area contributed by atoms with Crippen LogP contribution in [0.2, 0.25) is 0 Å². The number of hydrogen-bond acceptors (Lipinski definition) is 5. The van der Waals surface area contributed by atoms with E-state index in [1.54, 1.807) is 30.2 Å². The van der Waals surface area contributed by atoms with Crippen LogP contribution in [0.4, 0.5) is 5.69 Å². The fourth-order valence-electron chi connectivity index (χ4n) is 2.24. The number of pyridine rings is 1. The van der Waals surface area contributed by atoms with E-state index in [2.05, 4.69) is 4.98 Å². The van der Waals surface area contributed by atoms with Crippen LogP contribution in [0.3, 0.4) is 0 Å². The highest BCUT2D eigenvalue weighted by Crippen LogP contribution is 2.35. The van der Waals surface area contributed by atoms with Crippen LogP contribution >= 0.6 is 0 Å². The van der Waals surface area contributed by atoms with Crippen molar-refractivity contribution in [2.45, 2.75) is 0 Å². The minimum atomic E-state index is -0.240. The van der Waals surface area contributed by atoms with Gasteiger partial charge in [-0.25, -0.2) is 0 Å². The molecule has 0 atom stereocenters. The first-order chi connectivity index (χ1) is 10.2. The molecule has 2 heterocycles. The molecule has 108 valence electrons. The van der Waals surface area contributed by atoms with Crippen molar-refractivity contribution < 1.29 is 19.4 Å². The lowest BCUT2D eigenvalue weighted by molar-refractivity contribution is 0.0976. The number of amides is 1. The second-order valence-corrected chi connectivity index (χ2v) is 4.57. The van der Waals surface area contributed by atoms with Crippen LogP contribution in [0.1, 0.15) is 10.4 Å². The SMILES string of the molecule is COc1ccc2c(c1)N(C(=O)c1cncc(O)c1)CCO2. The van der Waals surface area contributed by atoms with Gasteiger partial charge in [-0.15, -0.1) is 0 Å². The molecule has 0 radical (unpaired) electrons. The molecular formula is C15H14N2O4. The average Bonchev–Trinajstić information content (AvgIpc) is 2.53. The molecule has 1 aromatic heterocycles. The number of fused-ring (bicyclic) bond motifs is 1. The minimum Gasteiger partial charge on any atom is -0.506 e.